The minimum atomic E-state index is -0.111. The third-order valence-corrected chi connectivity index (χ3v) is 7.61. The molecule has 0 amide bonds. The summed E-state index contributed by atoms with van der Waals surface area (Å²) in [6, 6.07) is 28.2. The van der Waals surface area contributed by atoms with Gasteiger partial charge in [0.2, 0.25) is 0 Å². The molecule has 1 aliphatic rings. The van der Waals surface area contributed by atoms with Gasteiger partial charge in [0.25, 0.3) is 0 Å². The van der Waals surface area contributed by atoms with Crippen molar-refractivity contribution < 1.29 is 9.15 Å². The van der Waals surface area contributed by atoms with Gasteiger partial charge in [-0.2, -0.15) is 0 Å². The van der Waals surface area contributed by atoms with Gasteiger partial charge in [0.15, 0.2) is 5.11 Å². The van der Waals surface area contributed by atoms with E-state index in [1.165, 1.54) is 22.5 Å². The Hall–Kier alpha value is -4.36. The van der Waals surface area contributed by atoms with Crippen molar-refractivity contribution in [2.45, 2.75) is 39.4 Å². The zero-order chi connectivity index (χ0) is 26.9. The van der Waals surface area contributed by atoms with Gasteiger partial charge in [-0.05, 0) is 105 Å². The van der Waals surface area contributed by atoms with Crippen LogP contribution in [0.3, 0.4) is 0 Å². The van der Waals surface area contributed by atoms with E-state index in [1.807, 2.05) is 66.9 Å². The van der Waals surface area contributed by atoms with Crippen LogP contribution < -0.4 is 15.0 Å². The summed E-state index contributed by atoms with van der Waals surface area (Å²) >= 11 is 5.94. The molecule has 3 aromatic heterocycles. The van der Waals surface area contributed by atoms with Gasteiger partial charge in [0, 0.05) is 23.3 Å². The first-order chi connectivity index (χ1) is 19.0. The Bertz CT molecular complexity index is 1580. The average Bonchev–Trinajstić information content (AvgIpc) is 3.66. The minimum absolute atomic E-state index is 0.0900. The van der Waals surface area contributed by atoms with E-state index >= 15 is 0 Å². The number of hydrogen-bond acceptors (Lipinski definition) is 4. The predicted octanol–water partition coefficient (Wildman–Crippen LogP) is 7.42. The molecule has 0 radical (unpaired) electrons. The maximum absolute atomic E-state index is 6.08. The van der Waals surface area contributed by atoms with Gasteiger partial charge < -0.3 is 23.9 Å². The maximum atomic E-state index is 6.08. The van der Waals surface area contributed by atoms with Crippen molar-refractivity contribution in [1.29, 1.82) is 0 Å². The number of anilines is 1. The molecule has 1 N–H and O–H groups in total. The largest absolute Gasteiger partial charge is 0.467 e. The summed E-state index contributed by atoms with van der Waals surface area (Å²) in [7, 11) is 0. The third kappa shape index (κ3) is 4.93. The molecule has 6 rings (SSSR count). The van der Waals surface area contributed by atoms with E-state index in [0.717, 1.165) is 28.6 Å². The van der Waals surface area contributed by atoms with Crippen LogP contribution in [0.25, 0.3) is 0 Å². The van der Waals surface area contributed by atoms with Gasteiger partial charge in [-0.25, -0.2) is 0 Å². The minimum Gasteiger partial charge on any atom is -0.467 e. The highest BCUT2D eigenvalue weighted by atomic mass is 32.1. The number of furan rings is 1. The predicted molar refractivity (Wildman–Crippen MR) is 157 cm³/mol. The molecule has 2 atom stereocenters. The number of benzene rings is 2. The lowest BCUT2D eigenvalue weighted by atomic mass is 9.96. The molecule has 196 valence electrons. The van der Waals surface area contributed by atoms with Gasteiger partial charge in [-0.15, -0.1) is 0 Å². The number of nitrogens with zero attached hydrogens (tertiary/aromatic N) is 3. The number of ether oxygens (including phenoxy) is 1. The van der Waals surface area contributed by atoms with Crippen molar-refractivity contribution in [2.75, 3.05) is 4.90 Å². The van der Waals surface area contributed by atoms with Crippen molar-refractivity contribution in [3.8, 4) is 11.5 Å². The van der Waals surface area contributed by atoms with Crippen molar-refractivity contribution in [3.63, 3.8) is 0 Å². The van der Waals surface area contributed by atoms with Crippen molar-refractivity contribution in [1.82, 2.24) is 14.9 Å². The van der Waals surface area contributed by atoms with Crippen LogP contribution in [0.1, 0.15) is 46.1 Å². The number of hydrogen-bond donors (Lipinski definition) is 1. The fourth-order valence-electron chi connectivity index (χ4n) is 5.30. The number of nitrogens with one attached hydrogen (secondary N) is 1. The van der Waals surface area contributed by atoms with Crippen LogP contribution in [0.4, 0.5) is 5.69 Å². The molecule has 0 unspecified atom stereocenters. The summed E-state index contributed by atoms with van der Waals surface area (Å²) in [5, 5.41) is 4.23. The monoisotopic (exact) mass is 534 g/mol. The number of aryl methyl sites for hydroxylation is 2. The summed E-state index contributed by atoms with van der Waals surface area (Å²) in [6.07, 6.45) is 3.55. The van der Waals surface area contributed by atoms with Gasteiger partial charge in [0.1, 0.15) is 17.3 Å². The number of pyridine rings is 1. The summed E-state index contributed by atoms with van der Waals surface area (Å²) in [4.78, 5) is 6.89. The van der Waals surface area contributed by atoms with Crippen LogP contribution in [-0.4, -0.2) is 14.7 Å². The molecular weight excluding hydrogens is 504 g/mol. The third-order valence-electron chi connectivity index (χ3n) is 7.30. The Labute approximate surface area is 233 Å². The van der Waals surface area contributed by atoms with E-state index in [1.54, 1.807) is 6.26 Å². The molecule has 1 saturated heterocycles. The van der Waals surface area contributed by atoms with Gasteiger partial charge in [-0.3, -0.25) is 4.98 Å². The lowest BCUT2D eigenvalue weighted by Crippen LogP contribution is -2.29. The van der Waals surface area contributed by atoms with Crippen LogP contribution in [-0.2, 0) is 6.54 Å². The molecule has 0 aliphatic carbocycles. The molecular formula is C32H30N4O2S. The standard InChI is InChI=1S/C32H30N4O2S/c1-21-9-13-25(14-10-21)38-26-15-11-24(12-16-26)36-31(30(34-32(36)39)29-8-4-5-17-33-29)28-19-22(2)35(23(28)3)20-27-7-6-18-37-27/h4-19,30-31H,20H2,1-3H3,(H,34,39)/t30-,31-/m1/s1. The number of rotatable bonds is 7. The van der Waals surface area contributed by atoms with Crippen molar-refractivity contribution in [2.24, 2.45) is 0 Å². The van der Waals surface area contributed by atoms with Crippen LogP contribution in [0, 0.1) is 20.8 Å². The first kappa shape index (κ1) is 24.9. The summed E-state index contributed by atoms with van der Waals surface area (Å²) in [5.74, 6) is 2.50. The SMILES string of the molecule is Cc1ccc(Oc2ccc(N3C(=S)N[C@H](c4ccccn4)[C@H]3c3cc(C)n(Cc4ccco4)c3C)cc2)cc1. The summed E-state index contributed by atoms with van der Waals surface area (Å²) in [5.41, 5.74) is 6.67. The molecule has 4 heterocycles. The highest BCUT2D eigenvalue weighted by Gasteiger charge is 2.42. The van der Waals surface area contributed by atoms with E-state index in [2.05, 4.69) is 59.8 Å². The fraction of sp³-hybridized carbons (Fsp3) is 0.188. The van der Waals surface area contributed by atoms with E-state index in [9.17, 15) is 0 Å². The van der Waals surface area contributed by atoms with Crippen LogP contribution >= 0.6 is 12.2 Å². The van der Waals surface area contributed by atoms with Crippen molar-refractivity contribution >= 4 is 23.0 Å². The fourth-order valence-corrected chi connectivity index (χ4v) is 5.64. The van der Waals surface area contributed by atoms with Gasteiger partial charge in [0.05, 0.1) is 30.6 Å². The topological polar surface area (TPSA) is 55.5 Å². The Kier molecular flexibility index (Phi) is 6.67. The Balaban J connectivity index is 1.37. The summed E-state index contributed by atoms with van der Waals surface area (Å²) in [6.45, 7) is 7.04. The van der Waals surface area contributed by atoms with Crippen molar-refractivity contribution in [3.05, 3.63) is 131 Å². The normalized spacial score (nSPS) is 16.9. The highest BCUT2D eigenvalue weighted by molar-refractivity contribution is 7.80. The molecule has 2 aromatic carbocycles. The second-order valence-corrected chi connectivity index (χ2v) is 10.3. The molecule has 1 fully saturated rings. The number of aromatic nitrogens is 2. The second-order valence-electron chi connectivity index (χ2n) is 9.90. The molecule has 1 aliphatic heterocycles. The molecule has 0 bridgehead atoms. The molecule has 39 heavy (non-hydrogen) atoms. The first-order valence-electron chi connectivity index (χ1n) is 13.0. The molecule has 6 nitrogen and oxygen atoms in total. The Morgan fingerprint density at radius 1 is 0.923 bits per heavy atom. The molecule has 0 saturated carbocycles. The van der Waals surface area contributed by atoms with E-state index in [4.69, 9.17) is 26.4 Å². The van der Waals surface area contributed by atoms with E-state index in [-0.39, 0.29) is 12.1 Å². The smallest absolute Gasteiger partial charge is 0.174 e. The van der Waals surface area contributed by atoms with Crippen LogP contribution in [0.5, 0.6) is 11.5 Å². The zero-order valence-corrected chi connectivity index (χ0v) is 23.0. The van der Waals surface area contributed by atoms with E-state index < -0.39 is 0 Å². The molecule has 5 aromatic rings. The maximum Gasteiger partial charge on any atom is 0.174 e. The van der Waals surface area contributed by atoms with Gasteiger partial charge >= 0.3 is 0 Å². The Morgan fingerprint density at radius 2 is 1.67 bits per heavy atom. The van der Waals surface area contributed by atoms with Crippen LogP contribution in [0.15, 0.2) is 102 Å². The van der Waals surface area contributed by atoms with Gasteiger partial charge in [-0.1, -0.05) is 23.8 Å². The molecule has 7 heteroatoms. The molecule has 0 spiro atoms. The average molecular weight is 535 g/mol. The highest BCUT2D eigenvalue weighted by Crippen LogP contribution is 2.43. The Morgan fingerprint density at radius 3 is 2.33 bits per heavy atom. The quantitative estimate of drug-likeness (QED) is 0.219. The van der Waals surface area contributed by atoms with Crippen LogP contribution in [0.2, 0.25) is 0 Å². The number of thiocarbonyl (C=S) groups is 1. The summed E-state index contributed by atoms with van der Waals surface area (Å²) < 4.78 is 14.0. The lowest BCUT2D eigenvalue weighted by Gasteiger charge is -2.28. The second kappa shape index (κ2) is 10.4. The zero-order valence-electron chi connectivity index (χ0n) is 22.2. The van der Waals surface area contributed by atoms with E-state index in [0.29, 0.717) is 11.7 Å². The lowest BCUT2D eigenvalue weighted by molar-refractivity contribution is 0.482. The first-order valence-corrected chi connectivity index (χ1v) is 13.4.